The minimum atomic E-state index is -0.443. The molecular weight excluding hydrogens is 331 g/mol. The van der Waals surface area contributed by atoms with E-state index in [1.54, 1.807) is 24.3 Å². The van der Waals surface area contributed by atoms with Crippen molar-refractivity contribution in [3.63, 3.8) is 0 Å². The Morgan fingerprint density at radius 1 is 1.14 bits per heavy atom. The highest BCUT2D eigenvalue weighted by Gasteiger charge is 2.09. The number of rotatable bonds is 4. The number of nitrogens with one attached hydrogen (secondary N) is 1. The highest BCUT2D eigenvalue weighted by Crippen LogP contribution is 2.34. The molecule has 0 bridgehead atoms. The van der Waals surface area contributed by atoms with Crippen molar-refractivity contribution in [3.8, 4) is 0 Å². The molecule has 0 fully saturated rings. The van der Waals surface area contributed by atoms with Crippen molar-refractivity contribution in [2.24, 2.45) is 5.73 Å². The van der Waals surface area contributed by atoms with E-state index in [0.717, 1.165) is 11.1 Å². The molecule has 0 aromatic heterocycles. The van der Waals surface area contributed by atoms with Gasteiger partial charge in [0.25, 0.3) is 0 Å². The molecule has 0 unspecified atom stereocenters. The van der Waals surface area contributed by atoms with Crippen LogP contribution in [0.2, 0.25) is 15.1 Å². The topological polar surface area (TPSA) is 55.1 Å². The first-order valence-corrected chi connectivity index (χ1v) is 7.29. The lowest BCUT2D eigenvalue weighted by Crippen LogP contribution is -2.12. The number of aryl methyl sites for hydroxylation is 1. The Labute approximate surface area is 138 Å². The molecule has 0 spiro atoms. The standard InChI is InChI=1S/C15H13Cl3N2O/c1-8-4-9(15(19)21)2-3-10(8)7-20-14-12(17)5-11(16)6-13(14)18/h2-6,20H,7H2,1H3,(H2,19,21). The van der Waals surface area contributed by atoms with Gasteiger partial charge >= 0.3 is 0 Å². The highest BCUT2D eigenvalue weighted by atomic mass is 35.5. The lowest BCUT2D eigenvalue weighted by atomic mass is 10.0. The van der Waals surface area contributed by atoms with Crippen LogP contribution in [0.3, 0.4) is 0 Å². The van der Waals surface area contributed by atoms with Crippen LogP contribution in [0, 0.1) is 6.92 Å². The van der Waals surface area contributed by atoms with Crippen LogP contribution in [-0.4, -0.2) is 5.91 Å². The molecule has 2 aromatic rings. The molecule has 1 amide bonds. The largest absolute Gasteiger partial charge is 0.379 e. The summed E-state index contributed by atoms with van der Waals surface area (Å²) in [6.45, 7) is 2.43. The normalized spacial score (nSPS) is 10.5. The third-order valence-corrected chi connectivity index (χ3v) is 3.90. The molecule has 0 saturated heterocycles. The van der Waals surface area contributed by atoms with Crippen LogP contribution < -0.4 is 11.1 Å². The first kappa shape index (κ1) is 16.0. The predicted octanol–water partition coefficient (Wildman–Crippen LogP) is 4.67. The molecule has 3 N–H and O–H groups in total. The number of primary amides is 1. The van der Waals surface area contributed by atoms with E-state index in [0.29, 0.717) is 32.9 Å². The summed E-state index contributed by atoms with van der Waals surface area (Å²) in [6, 6.07) is 8.54. The summed E-state index contributed by atoms with van der Waals surface area (Å²) in [5.74, 6) is -0.443. The van der Waals surface area contributed by atoms with Gasteiger partial charge in [-0.1, -0.05) is 40.9 Å². The molecule has 0 heterocycles. The number of amides is 1. The maximum absolute atomic E-state index is 11.1. The van der Waals surface area contributed by atoms with Gasteiger partial charge in [0.2, 0.25) is 5.91 Å². The Morgan fingerprint density at radius 3 is 2.29 bits per heavy atom. The molecule has 0 saturated carbocycles. The van der Waals surface area contributed by atoms with Gasteiger partial charge in [-0.15, -0.1) is 0 Å². The zero-order chi connectivity index (χ0) is 15.6. The van der Waals surface area contributed by atoms with Crippen molar-refractivity contribution in [3.05, 3.63) is 62.1 Å². The molecule has 6 heteroatoms. The fraction of sp³-hybridized carbons (Fsp3) is 0.133. The van der Waals surface area contributed by atoms with Gasteiger partial charge in [-0.3, -0.25) is 4.79 Å². The minimum absolute atomic E-state index is 0.443. The lowest BCUT2D eigenvalue weighted by Gasteiger charge is -2.13. The number of hydrogen-bond donors (Lipinski definition) is 2. The van der Waals surface area contributed by atoms with Gasteiger partial charge < -0.3 is 11.1 Å². The number of benzene rings is 2. The number of carbonyl (C=O) groups excluding carboxylic acids is 1. The molecule has 2 rings (SSSR count). The van der Waals surface area contributed by atoms with E-state index >= 15 is 0 Å². The molecule has 3 nitrogen and oxygen atoms in total. The zero-order valence-corrected chi connectivity index (χ0v) is 13.5. The zero-order valence-electron chi connectivity index (χ0n) is 11.2. The van der Waals surface area contributed by atoms with Gasteiger partial charge in [0.1, 0.15) is 0 Å². The van der Waals surface area contributed by atoms with E-state index in [-0.39, 0.29) is 0 Å². The number of hydrogen-bond acceptors (Lipinski definition) is 2. The summed E-state index contributed by atoms with van der Waals surface area (Å²) < 4.78 is 0. The van der Waals surface area contributed by atoms with Crippen molar-refractivity contribution in [1.29, 1.82) is 0 Å². The van der Waals surface area contributed by atoms with Crippen LogP contribution in [0.25, 0.3) is 0 Å². The van der Waals surface area contributed by atoms with Gasteiger partial charge in [-0.2, -0.15) is 0 Å². The van der Waals surface area contributed by atoms with Crippen LogP contribution in [-0.2, 0) is 6.54 Å². The summed E-state index contributed by atoms with van der Waals surface area (Å²) in [6.07, 6.45) is 0. The summed E-state index contributed by atoms with van der Waals surface area (Å²) in [4.78, 5) is 11.1. The van der Waals surface area contributed by atoms with Crippen LogP contribution in [0.15, 0.2) is 30.3 Å². The van der Waals surface area contributed by atoms with Gasteiger partial charge in [0, 0.05) is 17.1 Å². The third kappa shape index (κ3) is 3.82. The molecule has 0 aliphatic rings. The van der Waals surface area contributed by atoms with E-state index in [1.165, 1.54) is 0 Å². The molecule has 0 aliphatic heterocycles. The average Bonchev–Trinajstić information content (AvgIpc) is 2.38. The maximum Gasteiger partial charge on any atom is 0.248 e. The summed E-state index contributed by atoms with van der Waals surface area (Å²) >= 11 is 18.1. The average molecular weight is 344 g/mol. The second-order valence-corrected chi connectivity index (χ2v) is 5.85. The quantitative estimate of drug-likeness (QED) is 0.848. The second-order valence-electron chi connectivity index (χ2n) is 4.60. The molecule has 0 aliphatic carbocycles. The number of anilines is 1. The Hall–Kier alpha value is -1.42. The molecule has 0 atom stereocenters. The van der Waals surface area contributed by atoms with Gasteiger partial charge in [0.05, 0.1) is 15.7 Å². The van der Waals surface area contributed by atoms with Crippen molar-refractivity contribution in [2.75, 3.05) is 5.32 Å². The predicted molar refractivity (Wildman–Crippen MR) is 88.5 cm³/mol. The van der Waals surface area contributed by atoms with Crippen molar-refractivity contribution >= 4 is 46.4 Å². The van der Waals surface area contributed by atoms with E-state index < -0.39 is 5.91 Å². The summed E-state index contributed by atoms with van der Waals surface area (Å²) in [5, 5.41) is 4.57. The van der Waals surface area contributed by atoms with Crippen LogP contribution in [0.1, 0.15) is 21.5 Å². The first-order chi connectivity index (χ1) is 9.88. The summed E-state index contributed by atoms with van der Waals surface area (Å²) in [5.41, 5.74) is 8.33. The lowest BCUT2D eigenvalue weighted by molar-refractivity contribution is 0.1000. The van der Waals surface area contributed by atoms with Crippen LogP contribution >= 0.6 is 34.8 Å². The summed E-state index contributed by atoms with van der Waals surface area (Å²) in [7, 11) is 0. The molecule has 21 heavy (non-hydrogen) atoms. The number of halogens is 3. The van der Waals surface area contributed by atoms with E-state index in [4.69, 9.17) is 40.5 Å². The SMILES string of the molecule is Cc1cc(C(N)=O)ccc1CNc1c(Cl)cc(Cl)cc1Cl. The molecular formula is C15H13Cl3N2O. The smallest absolute Gasteiger partial charge is 0.248 e. The Kier molecular flexibility index (Phi) is 4.99. The van der Waals surface area contributed by atoms with Crippen LogP contribution in [0.4, 0.5) is 5.69 Å². The number of nitrogens with two attached hydrogens (primary N) is 1. The van der Waals surface area contributed by atoms with Crippen molar-refractivity contribution in [2.45, 2.75) is 13.5 Å². The molecule has 0 radical (unpaired) electrons. The first-order valence-electron chi connectivity index (χ1n) is 6.16. The van der Waals surface area contributed by atoms with E-state index in [1.807, 2.05) is 13.0 Å². The van der Waals surface area contributed by atoms with E-state index in [2.05, 4.69) is 5.32 Å². The highest BCUT2D eigenvalue weighted by molar-refractivity contribution is 6.41. The fourth-order valence-electron chi connectivity index (χ4n) is 1.94. The van der Waals surface area contributed by atoms with Crippen molar-refractivity contribution in [1.82, 2.24) is 0 Å². The molecule has 110 valence electrons. The Bertz CT molecular complexity index is 678. The van der Waals surface area contributed by atoms with E-state index in [9.17, 15) is 4.79 Å². The molecule has 2 aromatic carbocycles. The van der Waals surface area contributed by atoms with Gasteiger partial charge in [0.15, 0.2) is 0 Å². The monoisotopic (exact) mass is 342 g/mol. The Balaban J connectivity index is 2.19. The van der Waals surface area contributed by atoms with Crippen LogP contribution in [0.5, 0.6) is 0 Å². The second kappa shape index (κ2) is 6.56. The number of carbonyl (C=O) groups is 1. The van der Waals surface area contributed by atoms with Gasteiger partial charge in [-0.05, 0) is 42.3 Å². The fourth-order valence-corrected chi connectivity index (χ4v) is 2.89. The Morgan fingerprint density at radius 2 is 1.76 bits per heavy atom. The van der Waals surface area contributed by atoms with Crippen molar-refractivity contribution < 1.29 is 4.79 Å². The minimum Gasteiger partial charge on any atom is -0.379 e. The maximum atomic E-state index is 11.1. The third-order valence-electron chi connectivity index (χ3n) is 3.09. The van der Waals surface area contributed by atoms with Gasteiger partial charge in [-0.25, -0.2) is 0 Å².